The van der Waals surface area contributed by atoms with Gasteiger partial charge in [-0.1, -0.05) is 0 Å². The van der Waals surface area contributed by atoms with Crippen LogP contribution in [0.2, 0.25) is 0 Å². The first-order valence-corrected chi connectivity index (χ1v) is 8.28. The summed E-state index contributed by atoms with van der Waals surface area (Å²) in [5, 5.41) is 0. The van der Waals surface area contributed by atoms with E-state index in [9.17, 15) is 4.20 Å². The Morgan fingerprint density at radius 3 is 1.31 bits per heavy atom. The van der Waals surface area contributed by atoms with Gasteiger partial charge in [-0.2, -0.15) is 0 Å². The van der Waals surface area contributed by atoms with Crippen LogP contribution in [-0.2, 0) is 0 Å². The van der Waals surface area contributed by atoms with Crippen molar-refractivity contribution >= 4 is 6.91 Å². The molecule has 0 spiro atoms. The zero-order valence-corrected chi connectivity index (χ0v) is 11.0. The third-order valence-electron chi connectivity index (χ3n) is 3.24. The van der Waals surface area contributed by atoms with Gasteiger partial charge in [-0.05, 0) is 0 Å². The minimum absolute atomic E-state index is 0.134. The van der Waals surface area contributed by atoms with Gasteiger partial charge in [-0.25, -0.2) is 0 Å². The van der Waals surface area contributed by atoms with Gasteiger partial charge in [0.1, 0.15) is 0 Å². The average Bonchev–Trinajstić information content (AvgIpc) is 2.02. The van der Waals surface area contributed by atoms with Gasteiger partial charge in [0.25, 0.3) is 0 Å². The quantitative estimate of drug-likeness (QED) is 0.595. The molecule has 0 fully saturated rings. The molecular formula is C11H26FP. The molecule has 0 aromatic rings. The molecule has 0 bridgehead atoms. The minimum atomic E-state index is -2.82. The van der Waals surface area contributed by atoms with Crippen molar-refractivity contribution in [1.29, 1.82) is 0 Å². The summed E-state index contributed by atoms with van der Waals surface area (Å²) in [5.74, 6) is 0. The molecule has 82 valence electrons. The molecule has 0 aliphatic rings. The summed E-state index contributed by atoms with van der Waals surface area (Å²) in [7, 11) is 0. The van der Waals surface area contributed by atoms with Gasteiger partial charge in [0, 0.05) is 0 Å². The second-order valence-electron chi connectivity index (χ2n) is 5.49. The normalized spacial score (nSPS) is 16.7. The van der Waals surface area contributed by atoms with Crippen LogP contribution >= 0.6 is 6.91 Å². The molecule has 0 saturated heterocycles. The topological polar surface area (TPSA) is 0 Å². The molecule has 0 atom stereocenters. The summed E-state index contributed by atoms with van der Waals surface area (Å²) in [5.41, 5.74) is 0.134. The van der Waals surface area contributed by atoms with Crippen molar-refractivity contribution < 1.29 is 4.20 Å². The monoisotopic (exact) mass is 208 g/mol. The van der Waals surface area contributed by atoms with Crippen LogP contribution in [0.3, 0.4) is 0 Å². The molecule has 2 heteroatoms. The fourth-order valence-electron chi connectivity index (χ4n) is 2.19. The van der Waals surface area contributed by atoms with Crippen LogP contribution in [0.1, 0.15) is 41.5 Å². The Labute approximate surface area is 83.3 Å². The van der Waals surface area contributed by atoms with Crippen molar-refractivity contribution in [3.8, 4) is 0 Å². The molecule has 0 radical (unpaired) electrons. The number of hydrogen-bond donors (Lipinski definition) is 0. The maximum absolute atomic E-state index is 15.0. The van der Waals surface area contributed by atoms with E-state index >= 15 is 0 Å². The van der Waals surface area contributed by atoms with Crippen molar-refractivity contribution in [3.63, 3.8) is 0 Å². The molecule has 0 saturated carbocycles. The zero-order chi connectivity index (χ0) is 10.8. The Balaban J connectivity index is 4.80. The SMILES string of the molecule is CCP(F)(CC)(CC)CC(C)(C)C. The predicted octanol–water partition coefficient (Wildman–Crippen LogP) is 4.53. The molecule has 0 unspecified atom stereocenters. The van der Waals surface area contributed by atoms with Crippen LogP contribution in [0, 0.1) is 5.41 Å². The molecule has 0 amide bonds. The summed E-state index contributed by atoms with van der Waals surface area (Å²) < 4.78 is 15.0. The first-order chi connectivity index (χ1) is 5.69. The first kappa shape index (κ1) is 13.4. The average molecular weight is 208 g/mol. The Morgan fingerprint density at radius 2 is 1.23 bits per heavy atom. The van der Waals surface area contributed by atoms with Crippen LogP contribution in [-0.4, -0.2) is 24.6 Å². The summed E-state index contributed by atoms with van der Waals surface area (Å²) in [4.78, 5) is 0. The van der Waals surface area contributed by atoms with Gasteiger partial charge in [0.05, 0.1) is 0 Å². The number of rotatable bonds is 4. The van der Waals surface area contributed by atoms with E-state index in [-0.39, 0.29) is 5.41 Å². The number of hydrogen-bond acceptors (Lipinski definition) is 0. The van der Waals surface area contributed by atoms with Crippen molar-refractivity contribution in [2.24, 2.45) is 5.41 Å². The second-order valence-corrected chi connectivity index (χ2v) is 11.3. The standard InChI is InChI=1S/C11H26FP/c1-7-13(12,8-2,9-3)10-11(4,5)6/h7-10H2,1-6H3. The van der Waals surface area contributed by atoms with Gasteiger partial charge >= 0.3 is 82.7 Å². The molecule has 0 N–H and O–H groups in total. The van der Waals surface area contributed by atoms with Crippen molar-refractivity contribution in [3.05, 3.63) is 0 Å². The molecule has 13 heavy (non-hydrogen) atoms. The van der Waals surface area contributed by atoms with E-state index in [1.807, 2.05) is 20.8 Å². The van der Waals surface area contributed by atoms with Gasteiger partial charge in [0.15, 0.2) is 0 Å². The summed E-state index contributed by atoms with van der Waals surface area (Å²) >= 11 is 0. The van der Waals surface area contributed by atoms with Gasteiger partial charge in [0.2, 0.25) is 0 Å². The van der Waals surface area contributed by atoms with Crippen LogP contribution in [0.25, 0.3) is 0 Å². The van der Waals surface area contributed by atoms with E-state index in [0.29, 0.717) is 0 Å². The Hall–Kier alpha value is 0.360. The van der Waals surface area contributed by atoms with Crippen molar-refractivity contribution in [1.82, 2.24) is 0 Å². The van der Waals surface area contributed by atoms with Gasteiger partial charge < -0.3 is 0 Å². The van der Waals surface area contributed by atoms with Crippen molar-refractivity contribution in [2.75, 3.05) is 24.6 Å². The predicted molar refractivity (Wildman–Crippen MR) is 64.0 cm³/mol. The third kappa shape index (κ3) is 3.54. The summed E-state index contributed by atoms with van der Waals surface area (Å²) in [6, 6.07) is 0. The molecule has 0 aliphatic heterocycles. The Kier molecular flexibility index (Phi) is 3.95. The Bertz CT molecular complexity index is 154. The maximum atomic E-state index is 15.0. The molecule has 0 aromatic carbocycles. The van der Waals surface area contributed by atoms with Crippen LogP contribution < -0.4 is 0 Å². The van der Waals surface area contributed by atoms with E-state index in [1.54, 1.807) is 0 Å². The third-order valence-corrected chi connectivity index (χ3v) is 9.72. The van der Waals surface area contributed by atoms with E-state index in [1.165, 1.54) is 0 Å². The summed E-state index contributed by atoms with van der Waals surface area (Å²) in [6.45, 7) is 9.69. The fourth-order valence-corrected chi connectivity index (χ4v) is 6.58. The summed E-state index contributed by atoms with van der Waals surface area (Å²) in [6.07, 6.45) is 3.07. The molecule has 0 heterocycles. The number of halogens is 1. The van der Waals surface area contributed by atoms with Crippen LogP contribution in [0.15, 0.2) is 0 Å². The van der Waals surface area contributed by atoms with E-state index < -0.39 is 6.91 Å². The Morgan fingerprint density at radius 1 is 0.923 bits per heavy atom. The van der Waals surface area contributed by atoms with Crippen LogP contribution in [0.5, 0.6) is 0 Å². The van der Waals surface area contributed by atoms with Crippen LogP contribution in [0.4, 0.5) is 4.20 Å². The molecule has 0 aromatic heterocycles. The van der Waals surface area contributed by atoms with Crippen molar-refractivity contribution in [2.45, 2.75) is 41.5 Å². The second kappa shape index (κ2) is 3.85. The van der Waals surface area contributed by atoms with Gasteiger partial charge in [-0.3, -0.25) is 0 Å². The van der Waals surface area contributed by atoms with E-state index in [4.69, 9.17) is 0 Å². The molecular weight excluding hydrogens is 182 g/mol. The fraction of sp³-hybridized carbons (Fsp3) is 1.00. The molecule has 0 rings (SSSR count). The zero-order valence-electron chi connectivity index (χ0n) is 10.2. The van der Waals surface area contributed by atoms with E-state index in [0.717, 1.165) is 24.6 Å². The van der Waals surface area contributed by atoms with Gasteiger partial charge in [-0.15, -0.1) is 0 Å². The molecule has 0 nitrogen and oxygen atoms in total. The molecule has 0 aliphatic carbocycles. The van der Waals surface area contributed by atoms with E-state index in [2.05, 4.69) is 20.8 Å². The first-order valence-electron chi connectivity index (χ1n) is 5.41.